The van der Waals surface area contributed by atoms with Crippen molar-refractivity contribution in [2.45, 2.75) is 43.9 Å². The van der Waals surface area contributed by atoms with Gasteiger partial charge >= 0.3 is 5.97 Å². The molecule has 7 heteroatoms. The van der Waals surface area contributed by atoms with E-state index in [1.165, 1.54) is 11.1 Å². The number of rotatable bonds is 3. The summed E-state index contributed by atoms with van der Waals surface area (Å²) >= 11 is 0. The average Bonchev–Trinajstić information content (AvgIpc) is 3.12. The van der Waals surface area contributed by atoms with Crippen LogP contribution in [0.5, 0.6) is 0 Å². The SMILES string of the molecule is Nc1ncc(-c2ccc3c(c2)COC32CCN(C3CCOCC3)CC2)cc1C(=O)O. The number of anilines is 1. The molecule has 7 nitrogen and oxygen atoms in total. The van der Waals surface area contributed by atoms with Crippen molar-refractivity contribution in [3.05, 3.63) is 47.2 Å². The van der Waals surface area contributed by atoms with E-state index in [0.717, 1.165) is 63.1 Å². The van der Waals surface area contributed by atoms with Gasteiger partial charge in [0.05, 0.1) is 12.2 Å². The minimum absolute atomic E-state index is 0.0289. The van der Waals surface area contributed by atoms with Gasteiger partial charge in [-0.2, -0.15) is 0 Å². The quantitative estimate of drug-likeness (QED) is 0.804. The average molecular weight is 409 g/mol. The Morgan fingerprint density at radius 3 is 2.67 bits per heavy atom. The number of ether oxygens (including phenoxy) is 2. The van der Waals surface area contributed by atoms with Gasteiger partial charge in [-0.1, -0.05) is 12.1 Å². The normalized spacial score (nSPS) is 21.6. The molecule has 2 aromatic rings. The largest absolute Gasteiger partial charge is 0.478 e. The van der Waals surface area contributed by atoms with Gasteiger partial charge in [0.15, 0.2) is 0 Å². The van der Waals surface area contributed by atoms with E-state index in [4.69, 9.17) is 15.2 Å². The fraction of sp³-hybridized carbons (Fsp3) is 0.478. The molecule has 0 bridgehead atoms. The first-order valence-corrected chi connectivity index (χ1v) is 10.6. The van der Waals surface area contributed by atoms with Crippen LogP contribution in [-0.2, 0) is 21.7 Å². The number of carbonyl (C=O) groups is 1. The maximum atomic E-state index is 11.4. The molecule has 0 radical (unpaired) electrons. The summed E-state index contributed by atoms with van der Waals surface area (Å²) in [6.45, 7) is 4.44. The van der Waals surface area contributed by atoms with Crippen molar-refractivity contribution in [1.29, 1.82) is 0 Å². The molecule has 30 heavy (non-hydrogen) atoms. The monoisotopic (exact) mass is 409 g/mol. The molecule has 1 spiro atoms. The Morgan fingerprint density at radius 2 is 1.93 bits per heavy atom. The zero-order chi connectivity index (χ0) is 20.7. The summed E-state index contributed by atoms with van der Waals surface area (Å²) in [6, 6.07) is 8.52. The lowest BCUT2D eigenvalue weighted by molar-refractivity contribution is -0.0905. The molecule has 0 atom stereocenters. The van der Waals surface area contributed by atoms with Gasteiger partial charge in [0.1, 0.15) is 11.4 Å². The molecule has 5 rings (SSSR count). The Labute approximate surface area is 175 Å². The van der Waals surface area contributed by atoms with Crippen molar-refractivity contribution in [2.24, 2.45) is 0 Å². The molecule has 1 aromatic heterocycles. The van der Waals surface area contributed by atoms with E-state index in [9.17, 15) is 9.90 Å². The maximum absolute atomic E-state index is 11.4. The van der Waals surface area contributed by atoms with E-state index >= 15 is 0 Å². The van der Waals surface area contributed by atoms with Crippen LogP contribution in [0.15, 0.2) is 30.5 Å². The zero-order valence-corrected chi connectivity index (χ0v) is 17.0. The Bertz CT molecular complexity index is 963. The number of pyridine rings is 1. The molecular formula is C23H27N3O4. The molecular weight excluding hydrogens is 382 g/mol. The molecule has 158 valence electrons. The Kier molecular flexibility index (Phi) is 4.97. The summed E-state index contributed by atoms with van der Waals surface area (Å²) in [5, 5.41) is 9.32. The van der Waals surface area contributed by atoms with E-state index in [1.807, 2.05) is 6.07 Å². The zero-order valence-electron chi connectivity index (χ0n) is 17.0. The third-order valence-corrected chi connectivity index (χ3v) is 6.90. The Morgan fingerprint density at radius 1 is 1.17 bits per heavy atom. The van der Waals surface area contributed by atoms with Gasteiger partial charge in [0.2, 0.25) is 0 Å². The number of likely N-dealkylation sites (tertiary alicyclic amines) is 1. The highest BCUT2D eigenvalue weighted by Gasteiger charge is 2.43. The molecule has 0 amide bonds. The van der Waals surface area contributed by atoms with E-state index in [2.05, 4.69) is 22.0 Å². The molecule has 4 heterocycles. The van der Waals surface area contributed by atoms with Crippen LogP contribution in [0.3, 0.4) is 0 Å². The second-order valence-corrected chi connectivity index (χ2v) is 8.50. The number of hydrogen-bond donors (Lipinski definition) is 2. The molecule has 2 saturated heterocycles. The number of nitrogens with two attached hydrogens (primary N) is 1. The van der Waals surface area contributed by atoms with Crippen LogP contribution in [0.1, 0.15) is 47.2 Å². The molecule has 0 unspecified atom stereocenters. The van der Waals surface area contributed by atoms with Crippen LogP contribution in [0, 0.1) is 0 Å². The van der Waals surface area contributed by atoms with E-state index < -0.39 is 5.97 Å². The Hall–Kier alpha value is -2.48. The van der Waals surface area contributed by atoms with E-state index in [0.29, 0.717) is 12.6 Å². The van der Waals surface area contributed by atoms with Gasteiger partial charge in [-0.3, -0.25) is 4.90 Å². The lowest BCUT2D eigenvalue weighted by Crippen LogP contribution is -2.48. The molecule has 3 aliphatic rings. The fourth-order valence-electron chi connectivity index (χ4n) is 5.15. The summed E-state index contributed by atoms with van der Waals surface area (Å²) in [4.78, 5) is 18.1. The number of benzene rings is 1. The number of carboxylic acid groups (broad SMARTS) is 1. The molecule has 0 saturated carbocycles. The lowest BCUT2D eigenvalue weighted by Gasteiger charge is -2.43. The van der Waals surface area contributed by atoms with Crippen LogP contribution in [0.2, 0.25) is 0 Å². The predicted octanol–water partition coefficient (Wildman–Crippen LogP) is 3.03. The topological polar surface area (TPSA) is 97.9 Å². The first-order valence-electron chi connectivity index (χ1n) is 10.6. The molecule has 2 fully saturated rings. The van der Waals surface area contributed by atoms with Gasteiger partial charge in [0.25, 0.3) is 0 Å². The summed E-state index contributed by atoms with van der Waals surface area (Å²) in [5.41, 5.74) is 9.67. The number of nitrogen functional groups attached to an aromatic ring is 1. The molecule has 1 aromatic carbocycles. The summed E-state index contributed by atoms with van der Waals surface area (Å²) in [5.74, 6) is -1.03. The van der Waals surface area contributed by atoms with E-state index in [-0.39, 0.29) is 17.0 Å². The maximum Gasteiger partial charge on any atom is 0.339 e. The second-order valence-electron chi connectivity index (χ2n) is 8.50. The minimum Gasteiger partial charge on any atom is -0.478 e. The van der Waals surface area contributed by atoms with Gasteiger partial charge in [-0.15, -0.1) is 0 Å². The molecule has 3 N–H and O–H groups in total. The number of piperidine rings is 1. The number of fused-ring (bicyclic) bond motifs is 2. The standard InChI is InChI=1S/C23H27N3O4/c24-21-19(22(27)28)12-16(13-25-21)15-1-2-20-17(11-15)14-30-23(20)5-7-26(8-6-23)18-3-9-29-10-4-18/h1-2,11-13,18H,3-10,14H2,(H2,24,25)(H,27,28). The summed E-state index contributed by atoms with van der Waals surface area (Å²) in [6.07, 6.45) is 5.89. The molecule has 0 aliphatic carbocycles. The van der Waals surface area contributed by atoms with Crippen molar-refractivity contribution < 1.29 is 19.4 Å². The predicted molar refractivity (Wildman–Crippen MR) is 112 cm³/mol. The highest BCUT2D eigenvalue weighted by atomic mass is 16.5. The van der Waals surface area contributed by atoms with Crippen LogP contribution in [-0.4, -0.2) is 53.3 Å². The van der Waals surface area contributed by atoms with Crippen molar-refractivity contribution >= 4 is 11.8 Å². The van der Waals surface area contributed by atoms with Crippen molar-refractivity contribution in [1.82, 2.24) is 9.88 Å². The first-order chi connectivity index (χ1) is 14.6. The molecule has 3 aliphatic heterocycles. The number of hydrogen-bond acceptors (Lipinski definition) is 6. The number of aromatic nitrogens is 1. The van der Waals surface area contributed by atoms with Crippen molar-refractivity contribution in [3.8, 4) is 11.1 Å². The number of nitrogens with zero attached hydrogens (tertiary/aromatic N) is 2. The highest BCUT2D eigenvalue weighted by Crippen LogP contribution is 2.45. The number of carboxylic acids is 1. The summed E-state index contributed by atoms with van der Waals surface area (Å²) < 4.78 is 11.9. The van der Waals surface area contributed by atoms with Crippen molar-refractivity contribution in [3.63, 3.8) is 0 Å². The fourth-order valence-corrected chi connectivity index (χ4v) is 5.15. The van der Waals surface area contributed by atoms with Crippen molar-refractivity contribution in [2.75, 3.05) is 32.0 Å². The smallest absolute Gasteiger partial charge is 0.339 e. The third kappa shape index (κ3) is 3.37. The highest BCUT2D eigenvalue weighted by molar-refractivity contribution is 5.94. The van der Waals surface area contributed by atoms with Gasteiger partial charge in [-0.05, 0) is 54.5 Å². The van der Waals surface area contributed by atoms with Gasteiger partial charge in [-0.25, -0.2) is 9.78 Å². The number of aromatic carboxylic acids is 1. The lowest BCUT2D eigenvalue weighted by atomic mass is 9.82. The Balaban J connectivity index is 1.36. The third-order valence-electron chi connectivity index (χ3n) is 6.90. The summed E-state index contributed by atoms with van der Waals surface area (Å²) in [7, 11) is 0. The van der Waals surface area contributed by atoms with Gasteiger partial charge < -0.3 is 20.3 Å². The second kappa shape index (κ2) is 7.65. The van der Waals surface area contributed by atoms with Crippen LogP contribution in [0.4, 0.5) is 5.82 Å². The minimum atomic E-state index is -1.07. The van der Waals surface area contributed by atoms with Crippen LogP contribution < -0.4 is 5.73 Å². The van der Waals surface area contributed by atoms with Gasteiger partial charge in [0, 0.05) is 44.1 Å². The first kappa shape index (κ1) is 19.5. The van der Waals surface area contributed by atoms with E-state index in [1.54, 1.807) is 12.3 Å². The van der Waals surface area contributed by atoms with Crippen LogP contribution >= 0.6 is 0 Å². The van der Waals surface area contributed by atoms with Crippen LogP contribution in [0.25, 0.3) is 11.1 Å².